The predicted octanol–water partition coefficient (Wildman–Crippen LogP) is 5.48. The van der Waals surface area contributed by atoms with Gasteiger partial charge in [0, 0.05) is 12.3 Å². The van der Waals surface area contributed by atoms with E-state index in [4.69, 9.17) is 29.7 Å². The van der Waals surface area contributed by atoms with Gasteiger partial charge in [0.15, 0.2) is 15.9 Å². The zero-order valence-corrected chi connectivity index (χ0v) is 20.0. The standard InChI is InChI=1S/C23H20ClN3O6S/c1-14(2)15-9-10-19(25-13-15)34(28,29)33-23-20(32-17-7-4-6-16(12-17)30-3)21(24)26-22(27-23)18-8-5-11-31-18/h4-14H,1-3H3. The molecule has 34 heavy (non-hydrogen) atoms. The Hall–Kier alpha value is -3.63. The highest BCUT2D eigenvalue weighted by atomic mass is 35.5. The molecule has 3 aromatic heterocycles. The van der Waals surface area contributed by atoms with E-state index in [1.165, 1.54) is 25.6 Å². The largest absolute Gasteiger partial charge is 0.497 e. The summed E-state index contributed by atoms with van der Waals surface area (Å²) >= 11 is 6.37. The summed E-state index contributed by atoms with van der Waals surface area (Å²) in [5.74, 6) is 0.655. The van der Waals surface area contributed by atoms with Crippen molar-refractivity contribution in [3.8, 4) is 34.7 Å². The van der Waals surface area contributed by atoms with Crippen LogP contribution in [0.3, 0.4) is 0 Å². The molecule has 0 amide bonds. The monoisotopic (exact) mass is 501 g/mol. The Balaban J connectivity index is 1.76. The van der Waals surface area contributed by atoms with E-state index in [0.717, 1.165) is 5.56 Å². The average Bonchev–Trinajstić information content (AvgIpc) is 3.36. The SMILES string of the molecule is COc1cccc(Oc2c(Cl)nc(-c3ccco3)nc2OS(=O)(=O)c2ccc(C(C)C)cn2)c1. The molecular weight excluding hydrogens is 482 g/mol. The maximum absolute atomic E-state index is 13.0. The van der Waals surface area contributed by atoms with Crippen LogP contribution < -0.4 is 13.7 Å². The second-order valence-electron chi connectivity index (χ2n) is 7.35. The van der Waals surface area contributed by atoms with Crippen molar-refractivity contribution >= 4 is 21.7 Å². The van der Waals surface area contributed by atoms with Gasteiger partial charge < -0.3 is 18.1 Å². The van der Waals surface area contributed by atoms with Crippen molar-refractivity contribution in [1.29, 1.82) is 0 Å². The van der Waals surface area contributed by atoms with Crippen LogP contribution in [0.4, 0.5) is 0 Å². The number of ether oxygens (including phenoxy) is 2. The van der Waals surface area contributed by atoms with Gasteiger partial charge in [-0.05, 0) is 41.8 Å². The van der Waals surface area contributed by atoms with Gasteiger partial charge in [-0.15, -0.1) is 0 Å². The fourth-order valence-corrected chi connectivity index (χ4v) is 3.89. The highest BCUT2D eigenvalue weighted by Gasteiger charge is 2.26. The number of aromatic nitrogens is 3. The quantitative estimate of drug-likeness (QED) is 0.229. The van der Waals surface area contributed by atoms with Crippen LogP contribution >= 0.6 is 11.6 Å². The number of halogens is 1. The van der Waals surface area contributed by atoms with Gasteiger partial charge in [0.2, 0.25) is 11.6 Å². The summed E-state index contributed by atoms with van der Waals surface area (Å²) in [6.45, 7) is 3.95. The van der Waals surface area contributed by atoms with Gasteiger partial charge in [-0.3, -0.25) is 0 Å². The second kappa shape index (κ2) is 9.70. The number of hydrogen-bond acceptors (Lipinski definition) is 9. The molecule has 1 aromatic carbocycles. The van der Waals surface area contributed by atoms with Crippen molar-refractivity contribution in [1.82, 2.24) is 15.0 Å². The summed E-state index contributed by atoms with van der Waals surface area (Å²) in [6.07, 6.45) is 2.90. The Kier molecular flexibility index (Phi) is 6.71. The minimum atomic E-state index is -4.38. The lowest BCUT2D eigenvalue weighted by molar-refractivity contribution is 0.402. The summed E-state index contributed by atoms with van der Waals surface area (Å²) in [7, 11) is -2.88. The molecule has 0 atom stereocenters. The van der Waals surface area contributed by atoms with Crippen molar-refractivity contribution in [2.75, 3.05) is 7.11 Å². The highest BCUT2D eigenvalue weighted by Crippen LogP contribution is 2.39. The molecule has 0 unspecified atom stereocenters. The number of furan rings is 1. The van der Waals surface area contributed by atoms with Crippen molar-refractivity contribution < 1.29 is 26.5 Å². The van der Waals surface area contributed by atoms with Crippen molar-refractivity contribution in [2.24, 2.45) is 0 Å². The predicted molar refractivity (Wildman–Crippen MR) is 124 cm³/mol. The third-order valence-electron chi connectivity index (χ3n) is 4.67. The van der Waals surface area contributed by atoms with Crippen LogP contribution in [-0.4, -0.2) is 30.5 Å². The van der Waals surface area contributed by atoms with Crippen LogP contribution in [0.1, 0.15) is 25.3 Å². The lowest BCUT2D eigenvalue weighted by Crippen LogP contribution is -2.14. The molecule has 0 saturated heterocycles. The maximum Gasteiger partial charge on any atom is 0.358 e. The molecule has 3 heterocycles. The summed E-state index contributed by atoms with van der Waals surface area (Å²) in [4.78, 5) is 12.4. The van der Waals surface area contributed by atoms with E-state index in [1.54, 1.807) is 42.5 Å². The summed E-state index contributed by atoms with van der Waals surface area (Å²) in [5.41, 5.74) is 0.881. The second-order valence-corrected chi connectivity index (χ2v) is 9.20. The van der Waals surface area contributed by atoms with Crippen LogP contribution in [0.25, 0.3) is 11.6 Å². The molecule has 0 aliphatic carbocycles. The normalized spacial score (nSPS) is 11.4. The topological polar surface area (TPSA) is 114 Å². The first kappa shape index (κ1) is 23.5. The first-order chi connectivity index (χ1) is 16.3. The fraction of sp³-hybridized carbons (Fsp3) is 0.174. The van der Waals surface area contributed by atoms with Crippen LogP contribution in [0.2, 0.25) is 5.15 Å². The number of rotatable bonds is 8. The van der Waals surface area contributed by atoms with Gasteiger partial charge in [-0.1, -0.05) is 37.6 Å². The van der Waals surface area contributed by atoms with E-state index >= 15 is 0 Å². The highest BCUT2D eigenvalue weighted by molar-refractivity contribution is 7.87. The number of methoxy groups -OCH3 is 1. The maximum atomic E-state index is 13.0. The molecule has 9 nitrogen and oxygen atoms in total. The minimum Gasteiger partial charge on any atom is -0.497 e. The van der Waals surface area contributed by atoms with Crippen molar-refractivity contribution in [2.45, 2.75) is 24.8 Å². The van der Waals surface area contributed by atoms with E-state index < -0.39 is 16.0 Å². The van der Waals surface area contributed by atoms with Gasteiger partial charge in [-0.2, -0.15) is 13.4 Å². The lowest BCUT2D eigenvalue weighted by Gasteiger charge is -2.14. The summed E-state index contributed by atoms with van der Waals surface area (Å²) in [5, 5.41) is -0.476. The molecule has 0 aliphatic rings. The Morgan fingerprint density at radius 1 is 1.03 bits per heavy atom. The van der Waals surface area contributed by atoms with Crippen LogP contribution in [0, 0.1) is 0 Å². The van der Waals surface area contributed by atoms with E-state index in [9.17, 15) is 8.42 Å². The number of benzene rings is 1. The molecule has 4 rings (SSSR count). The van der Waals surface area contributed by atoms with Gasteiger partial charge in [0.05, 0.1) is 13.4 Å². The van der Waals surface area contributed by atoms with E-state index in [1.807, 2.05) is 13.8 Å². The summed E-state index contributed by atoms with van der Waals surface area (Å²) < 4.78 is 47.7. The van der Waals surface area contributed by atoms with Crippen LogP contribution in [-0.2, 0) is 10.1 Å². The van der Waals surface area contributed by atoms with Gasteiger partial charge in [0.25, 0.3) is 5.88 Å². The Bertz CT molecular complexity index is 1390. The number of hydrogen-bond donors (Lipinski definition) is 0. The molecule has 0 fully saturated rings. The molecule has 0 spiro atoms. The Labute approximate surface area is 201 Å². The van der Waals surface area contributed by atoms with E-state index in [-0.39, 0.29) is 33.4 Å². The first-order valence-corrected chi connectivity index (χ1v) is 11.9. The fourth-order valence-electron chi connectivity index (χ4n) is 2.87. The zero-order valence-electron chi connectivity index (χ0n) is 18.4. The molecule has 0 aliphatic heterocycles. The lowest BCUT2D eigenvalue weighted by atomic mass is 10.1. The third-order valence-corrected chi connectivity index (χ3v) is 6.05. The smallest absolute Gasteiger partial charge is 0.358 e. The van der Waals surface area contributed by atoms with Gasteiger partial charge >= 0.3 is 10.1 Å². The molecule has 0 saturated carbocycles. The number of nitrogens with zero attached hydrogens (tertiary/aromatic N) is 3. The van der Waals surface area contributed by atoms with Gasteiger partial charge in [-0.25, -0.2) is 9.97 Å². The van der Waals surface area contributed by atoms with E-state index in [0.29, 0.717) is 11.5 Å². The molecular formula is C23H20ClN3O6S. The minimum absolute atomic E-state index is 0.0151. The van der Waals surface area contributed by atoms with Gasteiger partial charge in [0.1, 0.15) is 11.5 Å². The molecule has 0 bridgehead atoms. The molecule has 0 radical (unpaired) electrons. The van der Waals surface area contributed by atoms with Crippen molar-refractivity contribution in [3.05, 3.63) is 71.7 Å². The number of pyridine rings is 1. The zero-order chi connectivity index (χ0) is 24.3. The van der Waals surface area contributed by atoms with Crippen LogP contribution in [0.15, 0.2) is 70.4 Å². The Morgan fingerprint density at radius 3 is 2.47 bits per heavy atom. The average molecular weight is 502 g/mol. The molecule has 4 aromatic rings. The van der Waals surface area contributed by atoms with Crippen molar-refractivity contribution in [3.63, 3.8) is 0 Å². The molecule has 176 valence electrons. The van der Waals surface area contributed by atoms with E-state index in [2.05, 4.69) is 15.0 Å². The first-order valence-electron chi connectivity index (χ1n) is 10.1. The third kappa shape index (κ3) is 5.13. The Morgan fingerprint density at radius 2 is 1.82 bits per heavy atom. The van der Waals surface area contributed by atoms with Crippen LogP contribution in [0.5, 0.6) is 23.1 Å². The summed E-state index contributed by atoms with van der Waals surface area (Å²) in [6, 6.07) is 12.9. The molecule has 0 N–H and O–H groups in total. The molecule has 11 heteroatoms.